The van der Waals surface area contributed by atoms with Crippen molar-refractivity contribution in [3.63, 3.8) is 0 Å². The Kier molecular flexibility index (Phi) is 9.72. The summed E-state index contributed by atoms with van der Waals surface area (Å²) in [5.74, 6) is 0.836. The Bertz CT molecular complexity index is 222. The maximum absolute atomic E-state index is 11.7. The molecule has 0 spiro atoms. The molecule has 0 aliphatic heterocycles. The number of carbonyl (C=O) groups is 1. The molecule has 0 rings (SSSR count). The van der Waals surface area contributed by atoms with Gasteiger partial charge < -0.3 is 11.1 Å². The molecule has 0 bridgehead atoms. The molecular weight excluding hydrogens is 240 g/mol. The smallest absolute Gasteiger partial charge is 0.229 e. The first-order valence-electron chi connectivity index (χ1n) is 5.69. The van der Waals surface area contributed by atoms with Gasteiger partial charge in [0.2, 0.25) is 5.91 Å². The second-order valence-corrected chi connectivity index (χ2v) is 5.19. The fourth-order valence-corrected chi connectivity index (χ4v) is 2.12. The van der Waals surface area contributed by atoms with Crippen molar-refractivity contribution < 1.29 is 4.79 Å². The molecule has 0 aliphatic carbocycles. The molecule has 16 heavy (non-hydrogen) atoms. The molecule has 1 atom stereocenters. The minimum absolute atomic E-state index is 0.0153. The fraction of sp³-hybridized carbons (Fsp3) is 0.818. The van der Waals surface area contributed by atoms with Gasteiger partial charge in [-0.2, -0.15) is 11.8 Å². The van der Waals surface area contributed by atoms with Crippen LogP contribution < -0.4 is 11.1 Å². The van der Waals surface area contributed by atoms with Crippen molar-refractivity contribution in [3.05, 3.63) is 0 Å². The molecule has 3 N–H and O–H groups in total. The van der Waals surface area contributed by atoms with Crippen molar-refractivity contribution in [1.29, 1.82) is 0 Å². The Morgan fingerprint density at radius 2 is 2.19 bits per heavy atom. The summed E-state index contributed by atoms with van der Waals surface area (Å²) in [6, 6.07) is 0. The van der Waals surface area contributed by atoms with Crippen molar-refractivity contribution in [3.8, 4) is 0 Å². The van der Waals surface area contributed by atoms with E-state index in [-0.39, 0.29) is 11.8 Å². The molecule has 3 nitrogen and oxygen atoms in total. The largest absolute Gasteiger partial charge is 0.393 e. The zero-order chi connectivity index (χ0) is 12.4. The molecule has 5 heteroatoms. The topological polar surface area (TPSA) is 55.1 Å². The standard InChI is InChI=1S/C11H22N2OS2/c1-3-6-9(10(12)15)11(14)13-7-4-5-8-16-2/h9H,3-8H2,1-2H3,(H2,12,15)(H,13,14). The van der Waals surface area contributed by atoms with Crippen molar-refractivity contribution >= 4 is 34.9 Å². The van der Waals surface area contributed by atoms with E-state index in [0.29, 0.717) is 4.99 Å². The van der Waals surface area contributed by atoms with E-state index >= 15 is 0 Å². The third-order valence-corrected chi connectivity index (χ3v) is 3.29. The Hall–Kier alpha value is -0.290. The number of nitrogens with one attached hydrogen (secondary N) is 1. The van der Waals surface area contributed by atoms with Gasteiger partial charge in [0.1, 0.15) is 0 Å². The van der Waals surface area contributed by atoms with Crippen LogP contribution >= 0.6 is 24.0 Å². The molecule has 0 saturated carbocycles. The average molecular weight is 262 g/mol. The van der Waals surface area contributed by atoms with Gasteiger partial charge in [0, 0.05) is 6.54 Å². The van der Waals surface area contributed by atoms with Crippen LogP contribution in [0.15, 0.2) is 0 Å². The number of nitrogens with two attached hydrogens (primary N) is 1. The number of thioether (sulfide) groups is 1. The maximum Gasteiger partial charge on any atom is 0.229 e. The molecule has 0 aromatic heterocycles. The summed E-state index contributed by atoms with van der Waals surface area (Å²) in [6.45, 7) is 2.75. The number of hydrogen-bond donors (Lipinski definition) is 2. The van der Waals surface area contributed by atoms with Crippen molar-refractivity contribution in [1.82, 2.24) is 5.32 Å². The number of rotatable bonds is 9. The van der Waals surface area contributed by atoms with E-state index in [0.717, 1.165) is 38.0 Å². The monoisotopic (exact) mass is 262 g/mol. The Labute approximate surface area is 108 Å². The first-order chi connectivity index (χ1) is 7.63. The highest BCUT2D eigenvalue weighted by atomic mass is 32.2. The van der Waals surface area contributed by atoms with Gasteiger partial charge in [-0.15, -0.1) is 0 Å². The number of amides is 1. The minimum atomic E-state index is -0.291. The van der Waals surface area contributed by atoms with E-state index in [1.165, 1.54) is 0 Å². The highest BCUT2D eigenvalue weighted by molar-refractivity contribution is 7.98. The van der Waals surface area contributed by atoms with Gasteiger partial charge in [0.05, 0.1) is 10.9 Å². The van der Waals surface area contributed by atoms with Crippen molar-refractivity contribution in [2.45, 2.75) is 32.6 Å². The van der Waals surface area contributed by atoms with Crippen LogP contribution in [0.25, 0.3) is 0 Å². The highest BCUT2D eigenvalue weighted by Gasteiger charge is 2.19. The van der Waals surface area contributed by atoms with Crippen LogP contribution in [0.3, 0.4) is 0 Å². The van der Waals surface area contributed by atoms with Crippen LogP contribution in [0.5, 0.6) is 0 Å². The van der Waals surface area contributed by atoms with Gasteiger partial charge in [-0.25, -0.2) is 0 Å². The molecule has 0 heterocycles. The first-order valence-corrected chi connectivity index (χ1v) is 7.49. The first kappa shape index (κ1) is 15.7. The minimum Gasteiger partial charge on any atom is -0.393 e. The van der Waals surface area contributed by atoms with E-state index in [2.05, 4.69) is 11.6 Å². The van der Waals surface area contributed by atoms with Crippen LogP contribution in [0.4, 0.5) is 0 Å². The molecule has 1 unspecified atom stereocenters. The van der Waals surface area contributed by atoms with Gasteiger partial charge in [-0.3, -0.25) is 4.79 Å². The molecule has 0 aliphatic rings. The van der Waals surface area contributed by atoms with Crippen molar-refractivity contribution in [2.75, 3.05) is 18.6 Å². The third kappa shape index (κ3) is 7.06. The summed E-state index contributed by atoms with van der Waals surface area (Å²) in [4.78, 5) is 12.0. The number of hydrogen-bond acceptors (Lipinski definition) is 3. The Balaban J connectivity index is 3.79. The number of thiocarbonyl (C=S) groups is 1. The third-order valence-electron chi connectivity index (χ3n) is 2.31. The summed E-state index contributed by atoms with van der Waals surface area (Å²) in [5.41, 5.74) is 5.54. The quantitative estimate of drug-likeness (QED) is 0.492. The normalized spacial score (nSPS) is 12.1. The molecule has 0 aromatic rings. The SMILES string of the molecule is CCCC(C(=O)NCCCCSC)C(N)=S. The second kappa shape index (κ2) is 9.90. The molecule has 0 radical (unpaired) electrons. The van der Waals surface area contributed by atoms with E-state index in [1.54, 1.807) is 0 Å². The van der Waals surface area contributed by atoms with Crippen LogP contribution in [0.1, 0.15) is 32.6 Å². The second-order valence-electron chi connectivity index (χ2n) is 3.73. The van der Waals surface area contributed by atoms with Crippen LogP contribution in [-0.2, 0) is 4.79 Å². The summed E-state index contributed by atoms with van der Waals surface area (Å²) in [5, 5.41) is 2.89. The summed E-state index contributed by atoms with van der Waals surface area (Å²) >= 11 is 6.72. The van der Waals surface area contributed by atoms with Gasteiger partial charge in [0.25, 0.3) is 0 Å². The highest BCUT2D eigenvalue weighted by Crippen LogP contribution is 2.07. The van der Waals surface area contributed by atoms with E-state index in [9.17, 15) is 4.79 Å². The summed E-state index contributed by atoms with van der Waals surface area (Å²) < 4.78 is 0. The maximum atomic E-state index is 11.7. The molecule has 0 aromatic carbocycles. The lowest BCUT2D eigenvalue weighted by atomic mass is 10.0. The van der Waals surface area contributed by atoms with Gasteiger partial charge in [-0.1, -0.05) is 25.6 Å². The lowest BCUT2D eigenvalue weighted by molar-refractivity contribution is -0.123. The molecule has 0 saturated heterocycles. The van der Waals surface area contributed by atoms with Gasteiger partial charge in [0.15, 0.2) is 0 Å². The summed E-state index contributed by atoms with van der Waals surface area (Å²) in [7, 11) is 0. The van der Waals surface area contributed by atoms with Crippen LogP contribution in [-0.4, -0.2) is 29.4 Å². The molecule has 0 fully saturated rings. The van der Waals surface area contributed by atoms with Gasteiger partial charge >= 0.3 is 0 Å². The average Bonchev–Trinajstić information content (AvgIpc) is 2.24. The zero-order valence-corrected chi connectivity index (χ0v) is 11.8. The number of carbonyl (C=O) groups excluding carboxylic acids is 1. The lowest BCUT2D eigenvalue weighted by Crippen LogP contribution is -2.38. The van der Waals surface area contributed by atoms with Crippen LogP contribution in [0.2, 0.25) is 0 Å². The molecular formula is C11H22N2OS2. The molecule has 94 valence electrons. The Morgan fingerprint density at radius 3 is 2.69 bits per heavy atom. The number of unbranched alkanes of at least 4 members (excludes halogenated alkanes) is 1. The fourth-order valence-electron chi connectivity index (χ4n) is 1.40. The predicted molar refractivity (Wildman–Crippen MR) is 75.8 cm³/mol. The van der Waals surface area contributed by atoms with Crippen LogP contribution in [0, 0.1) is 5.92 Å². The Morgan fingerprint density at radius 1 is 1.50 bits per heavy atom. The lowest BCUT2D eigenvalue weighted by Gasteiger charge is -2.14. The zero-order valence-electron chi connectivity index (χ0n) is 10.1. The van der Waals surface area contributed by atoms with E-state index in [1.807, 2.05) is 18.7 Å². The predicted octanol–water partition coefficient (Wildman–Crippen LogP) is 1.95. The molecule has 1 amide bonds. The summed E-state index contributed by atoms with van der Waals surface area (Å²) in [6.07, 6.45) is 5.90. The van der Waals surface area contributed by atoms with E-state index < -0.39 is 0 Å². The van der Waals surface area contributed by atoms with Gasteiger partial charge in [-0.05, 0) is 31.3 Å². The van der Waals surface area contributed by atoms with Crippen molar-refractivity contribution in [2.24, 2.45) is 11.7 Å². The van der Waals surface area contributed by atoms with E-state index in [4.69, 9.17) is 18.0 Å².